The second-order valence-corrected chi connectivity index (χ2v) is 7.96. The average molecular weight is 477 g/mol. The molecule has 7 heteroatoms. The van der Waals surface area contributed by atoms with Gasteiger partial charge in [0, 0.05) is 26.5 Å². The number of rotatable bonds is 5. The Morgan fingerprint density at radius 3 is 2.43 bits per heavy atom. The molecule has 0 atom stereocenters. The van der Waals surface area contributed by atoms with Gasteiger partial charge in [-0.3, -0.25) is 4.79 Å². The molecule has 2 aromatic carbocycles. The minimum atomic E-state index is -0.515. The van der Waals surface area contributed by atoms with Crippen LogP contribution < -0.4 is 5.32 Å². The average Bonchev–Trinajstić information content (AvgIpc) is 3.11. The van der Waals surface area contributed by atoms with Crippen molar-refractivity contribution in [3.8, 4) is 11.1 Å². The Balaban J connectivity index is 1.85. The van der Waals surface area contributed by atoms with Crippen LogP contribution in [-0.2, 0) is 9.53 Å². The minimum absolute atomic E-state index is 0.320. The van der Waals surface area contributed by atoms with Crippen molar-refractivity contribution in [2.45, 2.75) is 0 Å². The minimum Gasteiger partial charge on any atom is -0.465 e. The molecular formula is C21H15BrClNO3S. The van der Waals surface area contributed by atoms with Crippen LogP contribution in [0.2, 0.25) is 5.02 Å². The van der Waals surface area contributed by atoms with Gasteiger partial charge in [-0.15, -0.1) is 11.3 Å². The van der Waals surface area contributed by atoms with E-state index in [1.54, 1.807) is 18.2 Å². The van der Waals surface area contributed by atoms with E-state index < -0.39 is 5.97 Å². The fraction of sp³-hybridized carbons (Fsp3) is 0.0476. The number of thiophene rings is 1. The number of nitrogens with one attached hydrogen (secondary N) is 1. The highest BCUT2D eigenvalue weighted by Gasteiger charge is 2.21. The Hall–Kier alpha value is -2.41. The van der Waals surface area contributed by atoms with Crippen molar-refractivity contribution in [1.82, 2.24) is 0 Å². The zero-order valence-corrected chi connectivity index (χ0v) is 17.9. The molecule has 0 saturated carbocycles. The molecule has 4 nitrogen and oxygen atoms in total. The number of carbonyl (C=O) groups is 2. The fourth-order valence-corrected chi connectivity index (χ4v) is 3.85. The number of esters is 1. The van der Waals surface area contributed by atoms with E-state index >= 15 is 0 Å². The SMILES string of the molecule is COC(=O)c1c(-c2ccc(Cl)cc2)csc1NC(=O)C=Cc1ccc(Br)cc1. The lowest BCUT2D eigenvalue weighted by Crippen LogP contribution is -2.11. The third-order valence-electron chi connectivity index (χ3n) is 3.87. The molecule has 0 unspecified atom stereocenters. The van der Waals surface area contributed by atoms with Crippen LogP contribution >= 0.6 is 38.9 Å². The van der Waals surface area contributed by atoms with Crippen LogP contribution in [0, 0.1) is 0 Å². The number of anilines is 1. The predicted octanol–water partition coefficient (Wildman–Crippen LogP) is 6.27. The molecule has 0 spiro atoms. The maximum atomic E-state index is 12.3. The summed E-state index contributed by atoms with van der Waals surface area (Å²) < 4.78 is 5.87. The monoisotopic (exact) mass is 475 g/mol. The van der Waals surface area contributed by atoms with Crippen LogP contribution in [0.1, 0.15) is 15.9 Å². The summed E-state index contributed by atoms with van der Waals surface area (Å²) in [5.74, 6) is -0.851. The van der Waals surface area contributed by atoms with Crippen molar-refractivity contribution >= 4 is 61.8 Å². The van der Waals surface area contributed by atoms with Gasteiger partial charge in [-0.1, -0.05) is 51.8 Å². The summed E-state index contributed by atoms with van der Waals surface area (Å²) in [6.07, 6.45) is 3.12. The second kappa shape index (κ2) is 9.19. The van der Waals surface area contributed by atoms with Crippen LogP contribution in [0.3, 0.4) is 0 Å². The van der Waals surface area contributed by atoms with Gasteiger partial charge in [0.15, 0.2) is 0 Å². The lowest BCUT2D eigenvalue weighted by atomic mass is 10.0. The summed E-state index contributed by atoms with van der Waals surface area (Å²) in [7, 11) is 1.31. The van der Waals surface area contributed by atoms with Crippen molar-refractivity contribution in [1.29, 1.82) is 0 Å². The van der Waals surface area contributed by atoms with Gasteiger partial charge in [-0.2, -0.15) is 0 Å². The van der Waals surface area contributed by atoms with E-state index in [-0.39, 0.29) is 5.91 Å². The zero-order valence-electron chi connectivity index (χ0n) is 14.7. The van der Waals surface area contributed by atoms with E-state index in [1.807, 2.05) is 41.8 Å². The second-order valence-electron chi connectivity index (χ2n) is 5.73. The number of amides is 1. The van der Waals surface area contributed by atoms with E-state index in [2.05, 4.69) is 21.2 Å². The van der Waals surface area contributed by atoms with Crippen molar-refractivity contribution in [3.05, 3.63) is 80.6 Å². The van der Waals surface area contributed by atoms with E-state index in [1.165, 1.54) is 24.5 Å². The summed E-state index contributed by atoms with van der Waals surface area (Å²) in [4.78, 5) is 24.7. The Labute approximate surface area is 179 Å². The first-order valence-electron chi connectivity index (χ1n) is 8.18. The van der Waals surface area contributed by atoms with Gasteiger partial charge in [0.1, 0.15) is 10.6 Å². The maximum absolute atomic E-state index is 12.3. The van der Waals surface area contributed by atoms with E-state index in [0.717, 1.165) is 15.6 Å². The topological polar surface area (TPSA) is 55.4 Å². The Bertz CT molecular complexity index is 1030. The first-order chi connectivity index (χ1) is 13.5. The highest BCUT2D eigenvalue weighted by Crippen LogP contribution is 2.36. The summed E-state index contributed by atoms with van der Waals surface area (Å²) in [5, 5.41) is 5.61. The molecule has 0 fully saturated rings. The van der Waals surface area contributed by atoms with Crippen LogP contribution in [0.5, 0.6) is 0 Å². The summed E-state index contributed by atoms with van der Waals surface area (Å²) in [6.45, 7) is 0. The molecule has 0 aliphatic heterocycles. The standard InChI is InChI=1S/C21H15BrClNO3S/c1-27-21(26)19-17(14-5-9-16(23)10-6-14)12-28-20(19)24-18(25)11-4-13-2-7-15(22)8-3-13/h2-12H,1H3,(H,24,25). The molecule has 0 radical (unpaired) electrons. The molecule has 3 aromatic rings. The molecule has 0 bridgehead atoms. The van der Waals surface area contributed by atoms with Crippen molar-refractivity contribution in [2.24, 2.45) is 0 Å². The smallest absolute Gasteiger partial charge is 0.341 e. The van der Waals surface area contributed by atoms with Crippen molar-refractivity contribution in [3.63, 3.8) is 0 Å². The largest absolute Gasteiger partial charge is 0.465 e. The highest BCUT2D eigenvalue weighted by atomic mass is 79.9. The van der Waals surface area contributed by atoms with Gasteiger partial charge in [0.25, 0.3) is 0 Å². The lowest BCUT2D eigenvalue weighted by Gasteiger charge is -2.07. The van der Waals surface area contributed by atoms with Gasteiger partial charge < -0.3 is 10.1 Å². The van der Waals surface area contributed by atoms with Crippen LogP contribution in [-0.4, -0.2) is 19.0 Å². The lowest BCUT2D eigenvalue weighted by molar-refractivity contribution is -0.111. The summed E-state index contributed by atoms with van der Waals surface area (Å²) in [5.41, 5.74) is 2.70. The molecule has 28 heavy (non-hydrogen) atoms. The predicted molar refractivity (Wildman–Crippen MR) is 118 cm³/mol. The Morgan fingerprint density at radius 2 is 1.79 bits per heavy atom. The van der Waals surface area contributed by atoms with Crippen molar-refractivity contribution < 1.29 is 14.3 Å². The molecule has 3 rings (SSSR count). The van der Waals surface area contributed by atoms with E-state index in [0.29, 0.717) is 21.2 Å². The van der Waals surface area contributed by atoms with E-state index in [4.69, 9.17) is 16.3 Å². The van der Waals surface area contributed by atoms with Gasteiger partial charge in [0.2, 0.25) is 5.91 Å². The van der Waals surface area contributed by atoms with Gasteiger partial charge in [-0.25, -0.2) is 4.79 Å². The molecule has 0 aliphatic rings. The van der Waals surface area contributed by atoms with Gasteiger partial charge in [-0.05, 0) is 41.5 Å². The first kappa shape index (κ1) is 20.3. The molecule has 1 heterocycles. The Kier molecular flexibility index (Phi) is 6.67. The third-order valence-corrected chi connectivity index (χ3v) is 5.55. The van der Waals surface area contributed by atoms with Crippen molar-refractivity contribution in [2.75, 3.05) is 12.4 Å². The number of methoxy groups -OCH3 is 1. The fourth-order valence-electron chi connectivity index (χ4n) is 2.50. The molecule has 1 amide bonds. The van der Waals surface area contributed by atoms with Crippen LogP contribution in [0.4, 0.5) is 5.00 Å². The molecule has 1 N–H and O–H groups in total. The quantitative estimate of drug-likeness (QED) is 0.349. The Morgan fingerprint density at radius 1 is 1.11 bits per heavy atom. The van der Waals surface area contributed by atoms with Crippen LogP contribution in [0.15, 0.2) is 64.5 Å². The molecule has 142 valence electrons. The number of hydrogen-bond donors (Lipinski definition) is 1. The summed E-state index contributed by atoms with van der Waals surface area (Å²) >= 11 is 10.6. The summed E-state index contributed by atoms with van der Waals surface area (Å²) in [6, 6.07) is 14.7. The first-order valence-corrected chi connectivity index (χ1v) is 10.2. The maximum Gasteiger partial charge on any atom is 0.341 e. The highest BCUT2D eigenvalue weighted by molar-refractivity contribution is 9.10. The van der Waals surface area contributed by atoms with E-state index in [9.17, 15) is 9.59 Å². The number of ether oxygens (including phenoxy) is 1. The molecular weight excluding hydrogens is 462 g/mol. The van der Waals surface area contributed by atoms with Gasteiger partial charge >= 0.3 is 5.97 Å². The number of hydrogen-bond acceptors (Lipinski definition) is 4. The third kappa shape index (κ3) is 4.90. The molecule has 0 aliphatic carbocycles. The van der Waals surface area contributed by atoms with Gasteiger partial charge in [0.05, 0.1) is 7.11 Å². The number of halogens is 2. The normalized spacial score (nSPS) is 10.8. The number of benzene rings is 2. The molecule has 0 saturated heterocycles. The zero-order chi connectivity index (χ0) is 20.1. The van der Waals surface area contributed by atoms with Crippen LogP contribution in [0.25, 0.3) is 17.2 Å². The molecule has 1 aromatic heterocycles. The number of carbonyl (C=O) groups excluding carboxylic acids is 2.